The molecule has 306 valence electrons. The van der Waals surface area contributed by atoms with E-state index in [1.165, 1.54) is 23.4 Å². The lowest BCUT2D eigenvalue weighted by molar-refractivity contribution is -0.151. The Bertz CT molecular complexity index is 2550. The molecule has 5 heterocycles. The van der Waals surface area contributed by atoms with E-state index in [1.807, 2.05) is 43.3 Å². The Balaban J connectivity index is 1.19. The first-order valence-corrected chi connectivity index (χ1v) is 22.8. The van der Waals surface area contributed by atoms with Gasteiger partial charge in [0.15, 0.2) is 25.4 Å². The number of ether oxygens (including phenoxy) is 3. The van der Waals surface area contributed by atoms with Gasteiger partial charge in [-0.25, -0.2) is 0 Å². The highest BCUT2D eigenvalue weighted by molar-refractivity contribution is 6.71. The van der Waals surface area contributed by atoms with E-state index in [0.29, 0.717) is 35.6 Å². The lowest BCUT2D eigenvalue weighted by Crippen LogP contribution is -2.48. The molecule has 0 aliphatic carbocycles. The molecule has 0 radical (unpaired) electrons. The van der Waals surface area contributed by atoms with Crippen molar-refractivity contribution in [3.05, 3.63) is 146 Å². The van der Waals surface area contributed by atoms with Gasteiger partial charge in [-0.1, -0.05) is 43.3 Å². The smallest absolute Gasteiger partial charge is 0.297 e. The monoisotopic (exact) mass is 816 g/mol. The van der Waals surface area contributed by atoms with Crippen LogP contribution in [0.25, 0.3) is 11.4 Å². The minimum absolute atomic E-state index is 0.102. The van der Waals surface area contributed by atoms with Crippen molar-refractivity contribution in [1.29, 1.82) is 0 Å². The van der Waals surface area contributed by atoms with Crippen molar-refractivity contribution in [1.82, 2.24) is 14.0 Å². The molecule has 3 aliphatic heterocycles. The van der Waals surface area contributed by atoms with Crippen LogP contribution >= 0.6 is 0 Å². The summed E-state index contributed by atoms with van der Waals surface area (Å²) >= 11 is 0. The number of carbonyl (C=O) groups is 2. The summed E-state index contributed by atoms with van der Waals surface area (Å²) < 4.78 is 20.5. The zero-order valence-corrected chi connectivity index (χ0v) is 34.7. The van der Waals surface area contributed by atoms with Gasteiger partial charge in [0.25, 0.3) is 17.0 Å². The van der Waals surface area contributed by atoms with Crippen LogP contribution in [0.5, 0.6) is 11.5 Å². The number of aliphatic hydroxyl groups is 1. The number of rotatable bonds is 10. The van der Waals surface area contributed by atoms with Crippen molar-refractivity contribution in [2.45, 2.75) is 69.2 Å². The van der Waals surface area contributed by atoms with Crippen LogP contribution in [0.4, 0.5) is 5.69 Å². The summed E-state index contributed by atoms with van der Waals surface area (Å²) in [5.41, 5.74) is 2.24. The number of carbonyl (C=O) groups excluding carboxylic acids is 2. The molecule has 2 N–H and O–H groups in total. The average Bonchev–Trinajstić information content (AvgIpc) is 3.66. The fourth-order valence-electron chi connectivity index (χ4n) is 9.51. The van der Waals surface area contributed by atoms with Crippen LogP contribution in [0.3, 0.4) is 0 Å². The van der Waals surface area contributed by atoms with Gasteiger partial charge >= 0.3 is 0 Å². The number of amides is 2. The summed E-state index contributed by atoms with van der Waals surface area (Å²) in [4.78, 5) is 71.4. The van der Waals surface area contributed by atoms with Gasteiger partial charge in [-0.15, -0.1) is 0 Å². The Morgan fingerprint density at radius 3 is 2.07 bits per heavy atom. The minimum Gasteiger partial charge on any atom is -0.491 e. The van der Waals surface area contributed by atoms with Gasteiger partial charge in [-0.05, 0) is 90.8 Å². The first kappa shape index (κ1) is 40.0. The second-order valence-electron chi connectivity index (χ2n) is 16.2. The van der Waals surface area contributed by atoms with Crippen LogP contribution in [0.15, 0.2) is 113 Å². The minimum atomic E-state index is -3.16. The highest BCUT2D eigenvalue weighted by Gasteiger charge is 2.66. The Morgan fingerprint density at radius 2 is 1.46 bits per heavy atom. The Kier molecular flexibility index (Phi) is 10.5. The third-order valence-corrected chi connectivity index (χ3v) is 14.8. The van der Waals surface area contributed by atoms with Crippen LogP contribution in [-0.4, -0.2) is 77.0 Å². The van der Waals surface area contributed by atoms with E-state index in [0.717, 1.165) is 16.7 Å². The van der Waals surface area contributed by atoms with Crippen LogP contribution in [0, 0.1) is 5.92 Å². The van der Waals surface area contributed by atoms with Crippen LogP contribution in [-0.2, 0) is 39.4 Å². The fraction of sp³-hybridized carbons (Fsp3) is 0.333. The van der Waals surface area contributed by atoms with Gasteiger partial charge < -0.3 is 33.9 Å². The number of anilines is 1. The van der Waals surface area contributed by atoms with Gasteiger partial charge in [0, 0.05) is 47.3 Å². The normalized spacial score (nSPS) is 22.4. The lowest BCUT2D eigenvalue weighted by Gasteiger charge is -2.37. The van der Waals surface area contributed by atoms with E-state index in [2.05, 4.69) is 0 Å². The maximum Gasteiger partial charge on any atom is 0.297 e. The summed E-state index contributed by atoms with van der Waals surface area (Å²) in [6, 6.07) is 26.7. The third-order valence-electron chi connectivity index (χ3n) is 12.3. The number of fused-ring (bicyclic) bond motifs is 3. The molecule has 5 aromatic rings. The van der Waals surface area contributed by atoms with E-state index >= 15 is 4.79 Å². The maximum atomic E-state index is 15.3. The molecular formula is C45H48N4O9Si. The van der Waals surface area contributed by atoms with Crippen LogP contribution in [0.1, 0.15) is 35.6 Å². The van der Waals surface area contributed by atoms with Crippen LogP contribution in [0.2, 0.25) is 18.6 Å². The number of methoxy groups -OCH3 is 2. The molecule has 14 heteroatoms. The number of hydrogen-bond donors (Lipinski definition) is 2. The first-order chi connectivity index (χ1) is 28.3. The molecule has 8 rings (SSSR count). The molecule has 0 unspecified atom stereocenters. The lowest BCUT2D eigenvalue weighted by atomic mass is 9.82. The van der Waals surface area contributed by atoms with E-state index in [4.69, 9.17) is 14.2 Å². The zero-order valence-electron chi connectivity index (χ0n) is 33.7. The highest BCUT2D eigenvalue weighted by Crippen LogP contribution is 2.60. The number of pyridine rings is 2. The molecule has 13 nitrogen and oxygen atoms in total. The molecule has 0 saturated carbocycles. The van der Waals surface area contributed by atoms with Crippen LogP contribution < -0.4 is 25.5 Å². The van der Waals surface area contributed by atoms with Crippen molar-refractivity contribution in [3.8, 4) is 22.9 Å². The number of nitrogens with zero attached hydrogens (tertiary/aromatic N) is 4. The predicted molar refractivity (Wildman–Crippen MR) is 224 cm³/mol. The summed E-state index contributed by atoms with van der Waals surface area (Å²) in [6.07, 6.45) is 2.87. The van der Waals surface area contributed by atoms with Crippen molar-refractivity contribution < 1.29 is 33.7 Å². The van der Waals surface area contributed by atoms with Crippen molar-refractivity contribution >= 4 is 25.8 Å². The standard InChI is InChI=1S/C45H48N4O9Si/c1-28-41(59(4,5)55)39(24-40(51)48-26-31-11-7-6-10-30(31)22-34(48)27-50)58-45(28)35-23-33(47-21-9-13-38(57-3)43(47)53)18-19-36(35)49(44(45)54)25-29-14-16-32(17-15-29)46-20-8-12-37(56-2)42(46)52/h6-21,23,28,34,39,41,50,55H,22,24-27H2,1-5H3/t28-,34-,39+,41-,45+/m0/s1. The summed E-state index contributed by atoms with van der Waals surface area (Å²) in [6.45, 7) is 5.79. The molecule has 2 amide bonds. The molecular weight excluding hydrogens is 769 g/mol. The van der Waals surface area contributed by atoms with Crippen molar-refractivity contribution in [2.24, 2.45) is 5.92 Å². The second-order valence-corrected chi connectivity index (χ2v) is 20.1. The van der Waals surface area contributed by atoms with Gasteiger partial charge in [0.2, 0.25) is 5.91 Å². The van der Waals surface area contributed by atoms with E-state index < -0.39 is 37.5 Å². The van der Waals surface area contributed by atoms with Gasteiger partial charge in [-0.2, -0.15) is 0 Å². The highest BCUT2D eigenvalue weighted by atomic mass is 28.4. The van der Waals surface area contributed by atoms with Gasteiger partial charge in [-0.3, -0.25) is 28.3 Å². The molecule has 5 atom stereocenters. The predicted octanol–water partition coefficient (Wildman–Crippen LogP) is 4.69. The summed E-state index contributed by atoms with van der Waals surface area (Å²) in [7, 11) is -0.289. The molecule has 2 aromatic heterocycles. The Morgan fingerprint density at radius 1 is 0.847 bits per heavy atom. The summed E-state index contributed by atoms with van der Waals surface area (Å²) in [5.74, 6) is -0.798. The molecule has 3 aliphatic rings. The first-order valence-electron chi connectivity index (χ1n) is 19.8. The summed E-state index contributed by atoms with van der Waals surface area (Å²) in [5, 5.41) is 10.4. The number of aromatic nitrogens is 2. The number of hydrogen-bond acceptors (Lipinski definition) is 9. The molecule has 1 spiro atoms. The number of benzene rings is 3. The van der Waals surface area contributed by atoms with Gasteiger partial charge in [0.1, 0.15) is 0 Å². The molecule has 59 heavy (non-hydrogen) atoms. The molecule has 3 aromatic carbocycles. The molecule has 1 saturated heterocycles. The van der Waals surface area contributed by atoms with Crippen molar-refractivity contribution in [3.63, 3.8) is 0 Å². The van der Waals surface area contributed by atoms with Gasteiger partial charge in [0.05, 0.1) is 51.6 Å². The fourth-order valence-corrected chi connectivity index (χ4v) is 12.1. The average molecular weight is 817 g/mol. The third kappa shape index (κ3) is 6.79. The number of aliphatic hydroxyl groups excluding tert-OH is 1. The topological polar surface area (TPSA) is 153 Å². The second kappa shape index (κ2) is 15.4. The maximum absolute atomic E-state index is 15.3. The van der Waals surface area contributed by atoms with E-state index in [9.17, 15) is 24.3 Å². The Labute approximate surface area is 342 Å². The van der Waals surface area contributed by atoms with E-state index in [1.54, 1.807) is 89.9 Å². The molecule has 0 bridgehead atoms. The van der Waals surface area contributed by atoms with Crippen molar-refractivity contribution in [2.75, 3.05) is 25.7 Å². The molecule has 1 fully saturated rings. The largest absolute Gasteiger partial charge is 0.491 e. The quantitative estimate of drug-likeness (QED) is 0.192. The SMILES string of the molecule is COc1cccn(-c2ccc(CN3C(=O)[C@]4(O[C@H](CC(=O)N5Cc6ccccc6C[C@H]5CO)[C@@H]([Si](C)(C)O)[C@@H]4C)c4cc(-n5cccc(OC)c5=O)ccc43)cc2)c1=O. The van der Waals surface area contributed by atoms with E-state index in [-0.39, 0.29) is 54.0 Å². The Hall–Kier alpha value is -5.80. The zero-order chi connectivity index (χ0) is 41.8.